The summed E-state index contributed by atoms with van der Waals surface area (Å²) in [6, 6.07) is 6.00. The second-order valence-electron chi connectivity index (χ2n) is 10.7. The van der Waals surface area contributed by atoms with Crippen LogP contribution in [-0.4, -0.2) is 28.6 Å². The van der Waals surface area contributed by atoms with Crippen molar-refractivity contribution in [1.29, 1.82) is 0 Å². The smallest absolute Gasteiger partial charge is 0.322 e. The number of carbonyl (C=O) groups is 2. The van der Waals surface area contributed by atoms with Gasteiger partial charge >= 0.3 is 12.0 Å². The van der Waals surface area contributed by atoms with Crippen LogP contribution in [0.15, 0.2) is 30.0 Å². The topological polar surface area (TPSA) is 69.6 Å². The number of nitrogens with zero attached hydrogens (tertiary/aromatic N) is 1. The summed E-state index contributed by atoms with van der Waals surface area (Å²) in [5, 5.41) is 13.0. The number of nitrogens with one attached hydrogen (secondary N) is 1. The van der Waals surface area contributed by atoms with Crippen molar-refractivity contribution in [3.63, 3.8) is 0 Å². The molecule has 1 heterocycles. The molecule has 0 saturated heterocycles. The number of carboxylic acid groups (broad SMARTS) is 1. The normalized spacial score (nSPS) is 25.9. The quantitative estimate of drug-likeness (QED) is 0.486. The molecule has 0 radical (unpaired) electrons. The number of rotatable bonds is 7. The minimum atomic E-state index is -0.920. The first-order valence-electron chi connectivity index (χ1n) is 11.7. The van der Waals surface area contributed by atoms with Gasteiger partial charge in [-0.05, 0) is 65.2 Å². The van der Waals surface area contributed by atoms with Crippen molar-refractivity contribution >= 4 is 23.6 Å². The molecule has 0 spiro atoms. The highest BCUT2D eigenvalue weighted by atomic mass is 35.5. The minimum Gasteiger partial charge on any atom is -0.481 e. The number of urea groups is 1. The van der Waals surface area contributed by atoms with Crippen molar-refractivity contribution in [2.75, 3.05) is 6.54 Å². The third-order valence-corrected chi connectivity index (χ3v) is 7.71. The predicted molar refractivity (Wildman–Crippen MR) is 129 cm³/mol. The van der Waals surface area contributed by atoms with E-state index in [0.29, 0.717) is 17.8 Å². The van der Waals surface area contributed by atoms with Gasteiger partial charge in [-0.25, -0.2) is 4.79 Å². The summed E-state index contributed by atoms with van der Waals surface area (Å²) in [7, 11) is 0. The van der Waals surface area contributed by atoms with E-state index in [4.69, 9.17) is 16.7 Å². The standard InChI is InChI=1S/C26H37ClN2O3/c1-7-26(21(16(2)3)15-29(24(32)28-26)11-10-23(30)31)18-8-9-20(22(27)14-18)17-12-19(13-17)25(4,5)6/h8-9,14-17,19H,7,10-13H2,1-6H3,(H,28,32)(H,30,31)/t17-,19+,26-/m0/s1. The molecule has 5 nitrogen and oxygen atoms in total. The van der Waals surface area contributed by atoms with Crippen molar-refractivity contribution < 1.29 is 14.7 Å². The second-order valence-corrected chi connectivity index (χ2v) is 11.1. The summed E-state index contributed by atoms with van der Waals surface area (Å²) < 4.78 is 0. The Hall–Kier alpha value is -2.01. The summed E-state index contributed by atoms with van der Waals surface area (Å²) in [6.45, 7) is 13.3. The van der Waals surface area contributed by atoms with Crippen molar-refractivity contribution in [2.45, 2.75) is 78.7 Å². The lowest BCUT2D eigenvalue weighted by atomic mass is 9.61. The molecule has 0 bridgehead atoms. The Labute approximate surface area is 197 Å². The molecule has 1 aromatic carbocycles. The van der Waals surface area contributed by atoms with Gasteiger partial charge in [0.25, 0.3) is 0 Å². The van der Waals surface area contributed by atoms with Crippen LogP contribution in [0.25, 0.3) is 0 Å². The van der Waals surface area contributed by atoms with Gasteiger partial charge in [-0.15, -0.1) is 0 Å². The van der Waals surface area contributed by atoms with E-state index in [1.807, 2.05) is 12.3 Å². The van der Waals surface area contributed by atoms with Gasteiger partial charge in [0.05, 0.1) is 12.0 Å². The molecule has 176 valence electrons. The van der Waals surface area contributed by atoms with Gasteiger partial charge in [0.15, 0.2) is 0 Å². The zero-order valence-corrected chi connectivity index (χ0v) is 20.9. The number of benzene rings is 1. The Morgan fingerprint density at radius 1 is 1.31 bits per heavy atom. The molecular weight excluding hydrogens is 424 g/mol. The molecule has 0 aromatic heterocycles. The maximum absolute atomic E-state index is 12.9. The van der Waals surface area contributed by atoms with Crippen LogP contribution < -0.4 is 5.32 Å². The van der Waals surface area contributed by atoms with Crippen molar-refractivity contribution in [2.24, 2.45) is 17.3 Å². The number of hydrogen-bond acceptors (Lipinski definition) is 2. The Morgan fingerprint density at radius 3 is 2.47 bits per heavy atom. The molecule has 1 aromatic rings. The number of carbonyl (C=O) groups excluding carboxylic acids is 1. The van der Waals surface area contributed by atoms with Crippen LogP contribution in [0, 0.1) is 17.3 Å². The Kier molecular flexibility index (Phi) is 6.99. The first-order valence-corrected chi connectivity index (χ1v) is 12.1. The average molecular weight is 461 g/mol. The molecule has 2 amide bonds. The van der Waals surface area contributed by atoms with Gasteiger partial charge < -0.3 is 15.3 Å². The fourth-order valence-corrected chi connectivity index (χ4v) is 5.46. The molecule has 1 atom stereocenters. The molecule has 0 unspecified atom stereocenters. The third-order valence-electron chi connectivity index (χ3n) is 7.38. The van der Waals surface area contributed by atoms with Gasteiger partial charge in [0, 0.05) is 17.8 Å². The molecular formula is C26H37ClN2O3. The van der Waals surface area contributed by atoms with E-state index >= 15 is 0 Å². The van der Waals surface area contributed by atoms with Crippen LogP contribution in [0.3, 0.4) is 0 Å². The van der Waals surface area contributed by atoms with Crippen molar-refractivity contribution in [1.82, 2.24) is 10.2 Å². The molecule has 2 aliphatic rings. The molecule has 1 fully saturated rings. The van der Waals surface area contributed by atoms with Crippen LogP contribution >= 0.6 is 11.6 Å². The van der Waals surface area contributed by atoms with E-state index in [9.17, 15) is 9.59 Å². The fraction of sp³-hybridized carbons (Fsp3) is 0.615. The van der Waals surface area contributed by atoms with Crippen LogP contribution in [0.1, 0.15) is 84.3 Å². The van der Waals surface area contributed by atoms with E-state index in [2.05, 4.69) is 59.0 Å². The summed E-state index contributed by atoms with van der Waals surface area (Å²) in [6.07, 6.45) is 4.76. The lowest BCUT2D eigenvalue weighted by molar-refractivity contribution is -0.137. The number of halogens is 1. The lowest BCUT2D eigenvalue weighted by Crippen LogP contribution is -2.56. The summed E-state index contributed by atoms with van der Waals surface area (Å²) in [5.41, 5.74) is 2.91. The molecule has 1 aliphatic carbocycles. The van der Waals surface area contributed by atoms with E-state index in [1.165, 1.54) is 10.5 Å². The third kappa shape index (κ3) is 4.68. The summed E-state index contributed by atoms with van der Waals surface area (Å²) in [4.78, 5) is 25.4. The highest BCUT2D eigenvalue weighted by Crippen LogP contribution is 2.52. The van der Waals surface area contributed by atoms with Crippen LogP contribution in [-0.2, 0) is 10.3 Å². The maximum Gasteiger partial charge on any atom is 0.322 e. The lowest BCUT2D eigenvalue weighted by Gasteiger charge is -2.45. The fourth-order valence-electron chi connectivity index (χ4n) is 5.13. The van der Waals surface area contributed by atoms with Gasteiger partial charge in [0.1, 0.15) is 0 Å². The van der Waals surface area contributed by atoms with E-state index in [0.717, 1.165) is 34.9 Å². The first kappa shape index (κ1) is 24.6. The number of hydrogen-bond donors (Lipinski definition) is 2. The summed E-state index contributed by atoms with van der Waals surface area (Å²) >= 11 is 6.81. The molecule has 2 N–H and O–H groups in total. The van der Waals surface area contributed by atoms with E-state index in [1.54, 1.807) is 0 Å². The number of carboxylic acids is 1. The Bertz CT molecular complexity index is 912. The van der Waals surface area contributed by atoms with E-state index < -0.39 is 11.5 Å². The van der Waals surface area contributed by atoms with Gasteiger partial charge in [0.2, 0.25) is 0 Å². The van der Waals surface area contributed by atoms with Crippen molar-refractivity contribution in [3.05, 3.63) is 46.1 Å². The minimum absolute atomic E-state index is 0.0914. The molecule has 32 heavy (non-hydrogen) atoms. The molecule has 3 rings (SSSR count). The number of amides is 2. The van der Waals surface area contributed by atoms with E-state index in [-0.39, 0.29) is 24.9 Å². The molecule has 1 saturated carbocycles. The number of aliphatic carboxylic acids is 1. The first-order chi connectivity index (χ1) is 14.9. The van der Waals surface area contributed by atoms with Gasteiger partial charge in [-0.3, -0.25) is 4.79 Å². The van der Waals surface area contributed by atoms with Gasteiger partial charge in [-0.2, -0.15) is 0 Å². The van der Waals surface area contributed by atoms with Crippen LogP contribution in [0.4, 0.5) is 4.79 Å². The predicted octanol–water partition coefficient (Wildman–Crippen LogP) is 6.52. The summed E-state index contributed by atoms with van der Waals surface area (Å²) in [5.74, 6) is 0.457. The van der Waals surface area contributed by atoms with Crippen LogP contribution in [0.5, 0.6) is 0 Å². The SMILES string of the molecule is CC[C@@]1(c2ccc([C@H]3C[C@@H](C(C)(C)C)C3)c(Cl)c2)NC(=O)N(CCC(=O)O)C=C1C(C)C. The second kappa shape index (κ2) is 9.09. The molecule has 6 heteroatoms. The Balaban J connectivity index is 1.92. The average Bonchev–Trinajstić information content (AvgIpc) is 2.65. The molecule has 1 aliphatic heterocycles. The highest BCUT2D eigenvalue weighted by Gasteiger charge is 2.43. The van der Waals surface area contributed by atoms with Crippen LogP contribution in [0.2, 0.25) is 5.02 Å². The largest absolute Gasteiger partial charge is 0.481 e. The van der Waals surface area contributed by atoms with Crippen molar-refractivity contribution in [3.8, 4) is 0 Å². The Morgan fingerprint density at radius 2 is 1.97 bits per heavy atom. The monoisotopic (exact) mass is 460 g/mol. The van der Waals surface area contributed by atoms with Gasteiger partial charge in [-0.1, -0.05) is 65.3 Å². The maximum atomic E-state index is 12.9. The zero-order chi connectivity index (χ0) is 23.8. The zero-order valence-electron chi connectivity index (χ0n) is 20.2. The highest BCUT2D eigenvalue weighted by molar-refractivity contribution is 6.31.